The number of nitrogens with zero attached hydrogens (tertiary/aromatic N) is 1. The van der Waals surface area contributed by atoms with Crippen LogP contribution in [0.3, 0.4) is 0 Å². The first-order chi connectivity index (χ1) is 4.84. The van der Waals surface area contributed by atoms with Crippen molar-refractivity contribution in [2.24, 2.45) is 0 Å². The van der Waals surface area contributed by atoms with Crippen LogP contribution in [0.5, 0.6) is 0 Å². The molecule has 0 bridgehead atoms. The maximum absolute atomic E-state index is 8.94. The molecule has 1 aliphatic rings. The third-order valence-corrected chi connectivity index (χ3v) is 3.01. The molecule has 0 aromatic carbocycles. The van der Waals surface area contributed by atoms with Crippen LogP contribution in [0.1, 0.15) is 6.42 Å². The lowest BCUT2D eigenvalue weighted by Crippen LogP contribution is -2.34. The predicted octanol–water partition coefficient (Wildman–Crippen LogP) is 0.416. The van der Waals surface area contributed by atoms with Gasteiger partial charge in [-0.15, -0.1) is 0 Å². The lowest BCUT2D eigenvalue weighted by atomic mass is 10.2. The zero-order valence-corrected chi connectivity index (χ0v) is 7.23. The molecule has 1 aliphatic heterocycles. The summed E-state index contributed by atoms with van der Waals surface area (Å²) in [6.07, 6.45) is 1.14. The van der Waals surface area contributed by atoms with Gasteiger partial charge in [-0.25, -0.2) is 0 Å². The minimum Gasteiger partial charge on any atom is -0.395 e. The van der Waals surface area contributed by atoms with Crippen molar-refractivity contribution in [3.05, 3.63) is 0 Å². The average molecular weight is 161 g/mol. The molecule has 1 fully saturated rings. The monoisotopic (exact) mass is 161 g/mol. The van der Waals surface area contributed by atoms with Gasteiger partial charge >= 0.3 is 0 Å². The second-order valence-corrected chi connectivity index (χ2v) is 3.94. The van der Waals surface area contributed by atoms with Crippen molar-refractivity contribution in [2.75, 3.05) is 31.7 Å². The molecule has 0 amide bonds. The minimum atomic E-state index is 0.317. The second-order valence-electron chi connectivity index (χ2n) is 2.72. The third-order valence-electron chi connectivity index (χ3n) is 2.02. The maximum Gasteiger partial charge on any atom is 0.0587 e. The first kappa shape index (κ1) is 8.37. The molecule has 0 aromatic heterocycles. The van der Waals surface area contributed by atoms with E-state index < -0.39 is 0 Å². The van der Waals surface area contributed by atoms with Crippen LogP contribution in [-0.2, 0) is 0 Å². The summed E-state index contributed by atoms with van der Waals surface area (Å²) in [6.45, 7) is 1.44. The first-order valence-electron chi connectivity index (χ1n) is 3.73. The van der Waals surface area contributed by atoms with E-state index in [9.17, 15) is 0 Å². The quantitative estimate of drug-likeness (QED) is 0.603. The van der Waals surface area contributed by atoms with Gasteiger partial charge in [0.25, 0.3) is 0 Å². The summed E-state index contributed by atoms with van der Waals surface area (Å²) in [5.41, 5.74) is 0. The van der Waals surface area contributed by atoms with Crippen molar-refractivity contribution < 1.29 is 5.11 Å². The molecule has 1 rings (SSSR count). The summed E-state index contributed by atoms with van der Waals surface area (Å²) < 4.78 is 0. The van der Waals surface area contributed by atoms with Gasteiger partial charge in [0.2, 0.25) is 0 Å². The molecule has 2 nitrogen and oxygen atoms in total. The Bertz CT molecular complexity index is 99.6. The van der Waals surface area contributed by atoms with E-state index in [1.165, 1.54) is 11.5 Å². The highest BCUT2D eigenvalue weighted by atomic mass is 32.2. The van der Waals surface area contributed by atoms with Crippen LogP contribution in [0, 0.1) is 0 Å². The average Bonchev–Trinajstić information content (AvgIpc) is 2.13. The van der Waals surface area contributed by atoms with E-state index in [1.54, 1.807) is 0 Å². The number of likely N-dealkylation sites (N-methyl/N-ethyl adjacent to an activating group) is 1. The number of rotatable bonds is 1. The third kappa shape index (κ3) is 2.15. The Hall–Kier alpha value is 0.270. The predicted molar refractivity (Wildman–Crippen MR) is 45.4 cm³/mol. The molecule has 10 heavy (non-hydrogen) atoms. The molecule has 1 N–H and O–H groups in total. The molecule has 0 saturated carbocycles. The fraction of sp³-hybridized carbons (Fsp3) is 1.00. The fourth-order valence-electron chi connectivity index (χ4n) is 1.16. The molecule has 0 spiro atoms. The van der Waals surface area contributed by atoms with Gasteiger partial charge in [0.05, 0.1) is 6.61 Å². The Morgan fingerprint density at radius 3 is 3.10 bits per heavy atom. The summed E-state index contributed by atoms with van der Waals surface area (Å²) >= 11 is 1.99. The van der Waals surface area contributed by atoms with Crippen molar-refractivity contribution in [1.29, 1.82) is 0 Å². The molecule has 1 saturated heterocycles. The molecule has 1 atom stereocenters. The summed E-state index contributed by atoms with van der Waals surface area (Å²) in [6, 6.07) is 0.412. The Kier molecular flexibility index (Phi) is 3.52. The highest BCUT2D eigenvalue weighted by molar-refractivity contribution is 7.99. The minimum absolute atomic E-state index is 0.317. The SMILES string of the molecule is CN1CCSCCC1CO. The van der Waals surface area contributed by atoms with Crippen LogP contribution in [0.4, 0.5) is 0 Å². The lowest BCUT2D eigenvalue weighted by molar-refractivity contribution is 0.152. The number of hydrogen-bond donors (Lipinski definition) is 1. The molecule has 60 valence electrons. The van der Waals surface area contributed by atoms with Crippen LogP contribution < -0.4 is 0 Å². The zero-order valence-electron chi connectivity index (χ0n) is 6.42. The summed E-state index contributed by atoms with van der Waals surface area (Å²) in [4.78, 5) is 2.25. The van der Waals surface area contributed by atoms with Crippen LogP contribution in [-0.4, -0.2) is 47.8 Å². The van der Waals surface area contributed by atoms with Crippen molar-refractivity contribution >= 4 is 11.8 Å². The molecular weight excluding hydrogens is 146 g/mol. The van der Waals surface area contributed by atoms with E-state index >= 15 is 0 Å². The van der Waals surface area contributed by atoms with E-state index in [2.05, 4.69) is 11.9 Å². The Morgan fingerprint density at radius 1 is 1.60 bits per heavy atom. The molecule has 0 aliphatic carbocycles. The van der Waals surface area contributed by atoms with Gasteiger partial charge in [-0.3, -0.25) is 0 Å². The van der Waals surface area contributed by atoms with Crippen molar-refractivity contribution in [3.63, 3.8) is 0 Å². The van der Waals surface area contributed by atoms with Gasteiger partial charge in [-0.05, 0) is 19.2 Å². The Labute approximate surface area is 66.6 Å². The van der Waals surface area contributed by atoms with Gasteiger partial charge in [0, 0.05) is 18.3 Å². The number of aliphatic hydroxyl groups is 1. The van der Waals surface area contributed by atoms with Gasteiger partial charge in [0.15, 0.2) is 0 Å². The Balaban J connectivity index is 2.35. The van der Waals surface area contributed by atoms with Gasteiger partial charge < -0.3 is 10.0 Å². The second kappa shape index (κ2) is 4.21. The molecule has 1 unspecified atom stereocenters. The molecule has 1 heterocycles. The number of aliphatic hydroxyl groups excluding tert-OH is 1. The zero-order chi connectivity index (χ0) is 7.40. The largest absolute Gasteiger partial charge is 0.395 e. The normalized spacial score (nSPS) is 30.0. The van der Waals surface area contributed by atoms with Crippen molar-refractivity contribution in [2.45, 2.75) is 12.5 Å². The fourth-order valence-corrected chi connectivity index (χ4v) is 2.22. The van der Waals surface area contributed by atoms with Crippen LogP contribution in [0.15, 0.2) is 0 Å². The van der Waals surface area contributed by atoms with E-state index in [4.69, 9.17) is 5.11 Å². The van der Waals surface area contributed by atoms with Crippen LogP contribution >= 0.6 is 11.8 Å². The standard InChI is InChI=1S/C7H15NOS/c1-8-3-5-10-4-2-7(8)6-9/h7,9H,2-6H2,1H3. The van der Waals surface area contributed by atoms with Crippen LogP contribution in [0.2, 0.25) is 0 Å². The number of thioether (sulfide) groups is 1. The van der Waals surface area contributed by atoms with Gasteiger partial charge in [-0.1, -0.05) is 0 Å². The van der Waals surface area contributed by atoms with E-state index in [0.29, 0.717) is 12.6 Å². The lowest BCUT2D eigenvalue weighted by Gasteiger charge is -2.22. The topological polar surface area (TPSA) is 23.5 Å². The van der Waals surface area contributed by atoms with E-state index in [-0.39, 0.29) is 0 Å². The summed E-state index contributed by atoms with van der Waals surface area (Å²) in [5, 5.41) is 8.94. The van der Waals surface area contributed by atoms with E-state index in [0.717, 1.165) is 13.0 Å². The Morgan fingerprint density at radius 2 is 2.40 bits per heavy atom. The van der Waals surface area contributed by atoms with Crippen LogP contribution in [0.25, 0.3) is 0 Å². The smallest absolute Gasteiger partial charge is 0.0587 e. The molecule has 3 heteroatoms. The highest BCUT2D eigenvalue weighted by Gasteiger charge is 2.15. The maximum atomic E-state index is 8.94. The first-order valence-corrected chi connectivity index (χ1v) is 4.89. The molecular formula is C7H15NOS. The van der Waals surface area contributed by atoms with Gasteiger partial charge in [-0.2, -0.15) is 11.8 Å². The van der Waals surface area contributed by atoms with E-state index in [1.807, 2.05) is 11.8 Å². The summed E-state index contributed by atoms with van der Waals surface area (Å²) in [7, 11) is 2.09. The number of hydrogen-bond acceptors (Lipinski definition) is 3. The summed E-state index contributed by atoms with van der Waals surface area (Å²) in [5.74, 6) is 2.42. The molecule has 0 aromatic rings. The van der Waals surface area contributed by atoms with Crippen molar-refractivity contribution in [3.8, 4) is 0 Å². The highest BCUT2D eigenvalue weighted by Crippen LogP contribution is 2.13. The van der Waals surface area contributed by atoms with Crippen molar-refractivity contribution in [1.82, 2.24) is 4.90 Å². The van der Waals surface area contributed by atoms with Gasteiger partial charge in [0.1, 0.15) is 0 Å². The molecule has 0 radical (unpaired) electrons.